The molecule has 2 amide bonds. The Kier molecular flexibility index (Phi) is 5.36. The van der Waals surface area contributed by atoms with Crippen molar-refractivity contribution in [3.63, 3.8) is 0 Å². The van der Waals surface area contributed by atoms with Gasteiger partial charge in [0.25, 0.3) is 11.8 Å². The number of nitrogens with one attached hydrogen (secondary N) is 2. The molecule has 1 heterocycles. The van der Waals surface area contributed by atoms with Gasteiger partial charge in [-0.1, -0.05) is 29.3 Å². The Hall–Kier alpha value is -2.38. The average Bonchev–Trinajstić information content (AvgIpc) is 2.53. The highest BCUT2D eigenvalue weighted by Gasteiger charge is 2.20. The van der Waals surface area contributed by atoms with E-state index < -0.39 is 11.8 Å². The van der Waals surface area contributed by atoms with Crippen LogP contribution in [-0.4, -0.2) is 36.2 Å². The molecule has 0 aliphatic heterocycles. The van der Waals surface area contributed by atoms with Crippen molar-refractivity contribution < 1.29 is 14.3 Å². The van der Waals surface area contributed by atoms with Crippen molar-refractivity contribution in [1.82, 2.24) is 15.5 Å². The summed E-state index contributed by atoms with van der Waals surface area (Å²) in [4.78, 5) is 24.3. The molecule has 0 aliphatic carbocycles. The van der Waals surface area contributed by atoms with Crippen LogP contribution in [-0.2, 0) is 0 Å². The van der Waals surface area contributed by atoms with Crippen LogP contribution in [0.25, 0.3) is 0 Å². The molecule has 2 rings (SSSR count). The summed E-state index contributed by atoms with van der Waals surface area (Å²) in [5.74, 6) is -0.790. The molecule has 120 valence electrons. The van der Waals surface area contributed by atoms with Crippen LogP contribution in [0.1, 0.15) is 20.8 Å². The summed E-state index contributed by atoms with van der Waals surface area (Å²) in [6.45, 7) is 0. The van der Waals surface area contributed by atoms with Crippen molar-refractivity contribution in [3.8, 4) is 5.75 Å². The molecule has 7 nitrogen and oxygen atoms in total. The molecule has 0 atom stereocenters. The zero-order valence-corrected chi connectivity index (χ0v) is 13.7. The number of carbonyl (C=O) groups excluding carboxylic acids is 2. The van der Waals surface area contributed by atoms with E-state index in [-0.39, 0.29) is 27.1 Å². The van der Waals surface area contributed by atoms with Gasteiger partial charge in [-0.25, -0.2) is 0 Å². The van der Waals surface area contributed by atoms with E-state index in [2.05, 4.69) is 20.8 Å². The van der Waals surface area contributed by atoms with Gasteiger partial charge in [-0.15, -0.1) is 10.2 Å². The first-order valence-corrected chi connectivity index (χ1v) is 7.12. The minimum absolute atomic E-state index is 0.0269. The summed E-state index contributed by atoms with van der Waals surface area (Å²) >= 11 is 11.8. The second kappa shape index (κ2) is 7.26. The van der Waals surface area contributed by atoms with E-state index in [4.69, 9.17) is 27.9 Å². The van der Waals surface area contributed by atoms with Crippen LogP contribution >= 0.6 is 23.2 Å². The first kappa shape index (κ1) is 17.0. The number of rotatable bonds is 4. The van der Waals surface area contributed by atoms with E-state index in [0.717, 1.165) is 0 Å². The minimum Gasteiger partial charge on any atom is -0.496 e. The van der Waals surface area contributed by atoms with E-state index in [9.17, 15) is 9.59 Å². The summed E-state index contributed by atoms with van der Waals surface area (Å²) < 4.78 is 5.13. The fourth-order valence-electron chi connectivity index (χ4n) is 1.83. The second-order valence-corrected chi connectivity index (χ2v) is 5.07. The molecule has 0 aliphatic rings. The Balaban J connectivity index is 2.42. The van der Waals surface area contributed by atoms with Gasteiger partial charge in [0.05, 0.1) is 17.8 Å². The molecule has 0 spiro atoms. The number of hydrogen-bond acceptors (Lipinski definition) is 5. The number of carbonyl (C=O) groups is 2. The maximum absolute atomic E-state index is 12.5. The third kappa shape index (κ3) is 3.69. The monoisotopic (exact) mass is 354 g/mol. The molecular formula is C14H12Cl2N4O3. The zero-order valence-electron chi connectivity index (χ0n) is 12.2. The van der Waals surface area contributed by atoms with E-state index in [1.807, 2.05) is 0 Å². The molecule has 23 heavy (non-hydrogen) atoms. The molecule has 0 saturated heterocycles. The Labute approximate surface area is 141 Å². The van der Waals surface area contributed by atoms with Gasteiger partial charge in [0.1, 0.15) is 11.3 Å². The van der Waals surface area contributed by atoms with Crippen LogP contribution in [0.2, 0.25) is 10.2 Å². The number of anilines is 1. The highest BCUT2D eigenvalue weighted by atomic mass is 35.5. The van der Waals surface area contributed by atoms with Crippen LogP contribution in [0.3, 0.4) is 0 Å². The molecule has 2 N–H and O–H groups in total. The number of halogens is 2. The number of hydrogen-bond donors (Lipinski definition) is 2. The molecule has 0 bridgehead atoms. The largest absolute Gasteiger partial charge is 0.496 e. The van der Waals surface area contributed by atoms with Gasteiger partial charge >= 0.3 is 0 Å². The Morgan fingerprint density at radius 1 is 1.17 bits per heavy atom. The van der Waals surface area contributed by atoms with Crippen LogP contribution in [0.5, 0.6) is 5.75 Å². The SMILES string of the molecule is CNC(=O)c1nnc(Cl)cc1NC(=O)c1c(Cl)cccc1OC. The normalized spacial score (nSPS) is 10.1. The smallest absolute Gasteiger partial charge is 0.273 e. The predicted octanol–water partition coefficient (Wildman–Crippen LogP) is 2.40. The summed E-state index contributed by atoms with van der Waals surface area (Å²) in [6.07, 6.45) is 0. The van der Waals surface area contributed by atoms with Crippen LogP contribution in [0, 0.1) is 0 Å². The Morgan fingerprint density at radius 3 is 2.57 bits per heavy atom. The van der Waals surface area contributed by atoms with Crippen molar-refractivity contribution in [2.45, 2.75) is 0 Å². The summed E-state index contributed by atoms with van der Waals surface area (Å²) in [7, 11) is 2.85. The lowest BCUT2D eigenvalue weighted by atomic mass is 10.1. The highest BCUT2D eigenvalue weighted by Crippen LogP contribution is 2.27. The lowest BCUT2D eigenvalue weighted by Crippen LogP contribution is -2.23. The van der Waals surface area contributed by atoms with Crippen molar-refractivity contribution in [2.24, 2.45) is 0 Å². The average molecular weight is 355 g/mol. The zero-order chi connectivity index (χ0) is 17.0. The fourth-order valence-corrected chi connectivity index (χ4v) is 2.23. The molecule has 9 heteroatoms. The third-order valence-corrected chi connectivity index (χ3v) is 3.38. The maximum Gasteiger partial charge on any atom is 0.273 e. The molecule has 0 unspecified atom stereocenters. The van der Waals surface area contributed by atoms with Crippen molar-refractivity contribution in [1.29, 1.82) is 0 Å². The third-order valence-electron chi connectivity index (χ3n) is 2.88. The first-order valence-electron chi connectivity index (χ1n) is 6.37. The molecule has 0 fully saturated rings. The van der Waals surface area contributed by atoms with Crippen molar-refractivity contribution in [2.75, 3.05) is 19.5 Å². The van der Waals surface area contributed by atoms with Gasteiger partial charge in [0, 0.05) is 13.1 Å². The fraction of sp³-hybridized carbons (Fsp3) is 0.143. The van der Waals surface area contributed by atoms with E-state index in [0.29, 0.717) is 5.75 Å². The number of aromatic nitrogens is 2. The highest BCUT2D eigenvalue weighted by molar-refractivity contribution is 6.35. The summed E-state index contributed by atoms with van der Waals surface area (Å²) in [5, 5.41) is 12.5. The quantitative estimate of drug-likeness (QED) is 0.879. The predicted molar refractivity (Wildman–Crippen MR) is 86.4 cm³/mol. The first-order chi connectivity index (χ1) is 11.0. The maximum atomic E-state index is 12.5. The Bertz CT molecular complexity index is 768. The number of amides is 2. The number of nitrogens with zero attached hydrogens (tertiary/aromatic N) is 2. The lowest BCUT2D eigenvalue weighted by molar-refractivity contribution is 0.0958. The number of methoxy groups -OCH3 is 1. The van der Waals surface area contributed by atoms with E-state index in [1.54, 1.807) is 18.2 Å². The van der Waals surface area contributed by atoms with Gasteiger partial charge in [-0.3, -0.25) is 9.59 Å². The minimum atomic E-state index is -0.568. The van der Waals surface area contributed by atoms with Crippen LogP contribution < -0.4 is 15.4 Å². The van der Waals surface area contributed by atoms with Gasteiger partial charge in [0.2, 0.25) is 0 Å². The standard InChI is InChI=1S/C14H12Cl2N4O3/c1-17-14(22)12-8(6-10(16)19-20-12)18-13(21)11-7(15)4-3-5-9(11)23-2/h3-6H,1-2H3,(H,17,22)(H,18,19,21). The molecular weight excluding hydrogens is 343 g/mol. The topological polar surface area (TPSA) is 93.2 Å². The molecule has 1 aromatic carbocycles. The Morgan fingerprint density at radius 2 is 1.91 bits per heavy atom. The second-order valence-electron chi connectivity index (χ2n) is 4.28. The number of ether oxygens (including phenoxy) is 1. The molecule has 0 radical (unpaired) electrons. The van der Waals surface area contributed by atoms with Gasteiger partial charge in [-0.2, -0.15) is 0 Å². The van der Waals surface area contributed by atoms with E-state index >= 15 is 0 Å². The molecule has 2 aromatic rings. The van der Waals surface area contributed by atoms with Crippen LogP contribution in [0.15, 0.2) is 24.3 Å². The molecule has 0 saturated carbocycles. The number of benzene rings is 1. The van der Waals surface area contributed by atoms with Crippen LogP contribution in [0.4, 0.5) is 5.69 Å². The van der Waals surface area contributed by atoms with Crippen molar-refractivity contribution >= 4 is 40.7 Å². The van der Waals surface area contributed by atoms with Crippen molar-refractivity contribution in [3.05, 3.63) is 45.7 Å². The lowest BCUT2D eigenvalue weighted by Gasteiger charge is -2.12. The molecule has 1 aromatic heterocycles. The van der Waals surface area contributed by atoms with Gasteiger partial charge in [0.15, 0.2) is 10.8 Å². The van der Waals surface area contributed by atoms with Gasteiger partial charge < -0.3 is 15.4 Å². The summed E-state index contributed by atoms with van der Waals surface area (Å²) in [6, 6.07) is 6.12. The summed E-state index contributed by atoms with van der Waals surface area (Å²) in [5.41, 5.74) is 0.167. The van der Waals surface area contributed by atoms with Gasteiger partial charge in [-0.05, 0) is 12.1 Å². The van der Waals surface area contributed by atoms with E-state index in [1.165, 1.54) is 20.2 Å².